The standard InChI is InChI=1S/C13H16N4O2S/c1-3-4-9-5-11(15-7-14-9)16-8(2)12-17-10(6-20-12)13(18)19/h5-8H,3-4H2,1-2H3,(H,18,19)(H,14,15,16). The molecule has 0 bridgehead atoms. The molecule has 0 radical (unpaired) electrons. The Morgan fingerprint density at radius 1 is 1.50 bits per heavy atom. The third-order valence-corrected chi connectivity index (χ3v) is 3.73. The van der Waals surface area contributed by atoms with Crippen molar-refractivity contribution in [2.24, 2.45) is 0 Å². The van der Waals surface area contributed by atoms with Gasteiger partial charge in [0.1, 0.15) is 17.2 Å². The van der Waals surface area contributed by atoms with Gasteiger partial charge in [0.15, 0.2) is 5.69 Å². The van der Waals surface area contributed by atoms with Crippen LogP contribution in [-0.2, 0) is 6.42 Å². The van der Waals surface area contributed by atoms with Crippen LogP contribution < -0.4 is 5.32 Å². The number of nitrogens with zero attached hydrogens (tertiary/aromatic N) is 3. The molecule has 7 heteroatoms. The highest BCUT2D eigenvalue weighted by molar-refractivity contribution is 7.09. The Morgan fingerprint density at radius 2 is 2.30 bits per heavy atom. The molecule has 0 saturated carbocycles. The molecule has 0 saturated heterocycles. The van der Waals surface area contributed by atoms with Gasteiger partial charge < -0.3 is 10.4 Å². The van der Waals surface area contributed by atoms with Crippen LogP contribution in [0, 0.1) is 0 Å². The lowest BCUT2D eigenvalue weighted by molar-refractivity contribution is 0.0691. The maximum Gasteiger partial charge on any atom is 0.355 e. The first-order chi connectivity index (χ1) is 9.60. The molecule has 0 aliphatic rings. The molecule has 2 aromatic heterocycles. The van der Waals surface area contributed by atoms with E-state index in [-0.39, 0.29) is 11.7 Å². The van der Waals surface area contributed by atoms with Crippen LogP contribution in [0.25, 0.3) is 0 Å². The van der Waals surface area contributed by atoms with Gasteiger partial charge in [-0.15, -0.1) is 11.3 Å². The molecule has 0 aromatic carbocycles. The Balaban J connectivity index is 2.08. The Bertz CT molecular complexity index is 600. The predicted octanol–water partition coefficient (Wildman–Crippen LogP) is 2.76. The number of hydrogen-bond donors (Lipinski definition) is 2. The molecule has 20 heavy (non-hydrogen) atoms. The maximum atomic E-state index is 10.8. The number of carboxylic acids is 1. The normalized spacial score (nSPS) is 12.1. The molecule has 2 rings (SSSR count). The highest BCUT2D eigenvalue weighted by Gasteiger charge is 2.14. The molecule has 0 amide bonds. The van der Waals surface area contributed by atoms with E-state index in [1.165, 1.54) is 17.7 Å². The monoisotopic (exact) mass is 292 g/mol. The molecule has 2 aromatic rings. The summed E-state index contributed by atoms with van der Waals surface area (Å²) < 4.78 is 0. The number of thiazole rings is 1. The summed E-state index contributed by atoms with van der Waals surface area (Å²) >= 11 is 1.32. The first kappa shape index (κ1) is 14.4. The van der Waals surface area contributed by atoms with Crippen molar-refractivity contribution in [1.29, 1.82) is 0 Å². The van der Waals surface area contributed by atoms with Crippen molar-refractivity contribution in [3.05, 3.63) is 34.2 Å². The third-order valence-electron chi connectivity index (χ3n) is 2.71. The fourth-order valence-electron chi connectivity index (χ4n) is 1.74. The van der Waals surface area contributed by atoms with Gasteiger partial charge in [0.05, 0.1) is 6.04 Å². The van der Waals surface area contributed by atoms with E-state index >= 15 is 0 Å². The van der Waals surface area contributed by atoms with Gasteiger partial charge in [-0.25, -0.2) is 19.7 Å². The number of aromatic nitrogens is 3. The summed E-state index contributed by atoms with van der Waals surface area (Å²) in [4.78, 5) is 23.3. The average Bonchev–Trinajstić information content (AvgIpc) is 2.89. The van der Waals surface area contributed by atoms with Gasteiger partial charge in [0, 0.05) is 17.1 Å². The van der Waals surface area contributed by atoms with Crippen LogP contribution in [0.5, 0.6) is 0 Å². The first-order valence-electron chi connectivity index (χ1n) is 6.36. The van der Waals surface area contributed by atoms with Gasteiger partial charge in [0.25, 0.3) is 0 Å². The maximum absolute atomic E-state index is 10.8. The number of anilines is 1. The van der Waals surface area contributed by atoms with E-state index < -0.39 is 5.97 Å². The molecular formula is C13H16N4O2S. The summed E-state index contributed by atoms with van der Waals surface area (Å²) in [6, 6.07) is 1.81. The lowest BCUT2D eigenvalue weighted by Crippen LogP contribution is -2.09. The van der Waals surface area contributed by atoms with E-state index in [9.17, 15) is 4.79 Å². The third kappa shape index (κ3) is 3.51. The van der Waals surface area contributed by atoms with E-state index in [0.717, 1.165) is 29.4 Å². The van der Waals surface area contributed by atoms with Crippen LogP contribution in [0.4, 0.5) is 5.82 Å². The highest BCUT2D eigenvalue weighted by atomic mass is 32.1. The molecule has 1 atom stereocenters. The van der Waals surface area contributed by atoms with E-state index in [4.69, 9.17) is 5.11 Å². The second kappa shape index (κ2) is 6.42. The van der Waals surface area contributed by atoms with Gasteiger partial charge >= 0.3 is 5.97 Å². The minimum absolute atomic E-state index is 0.0769. The predicted molar refractivity (Wildman–Crippen MR) is 77.1 cm³/mol. The van der Waals surface area contributed by atoms with Gasteiger partial charge in [-0.05, 0) is 13.3 Å². The number of rotatable bonds is 6. The fourth-order valence-corrected chi connectivity index (χ4v) is 2.54. The van der Waals surface area contributed by atoms with E-state index in [1.54, 1.807) is 5.38 Å². The van der Waals surface area contributed by atoms with Crippen molar-refractivity contribution in [3.8, 4) is 0 Å². The van der Waals surface area contributed by atoms with Gasteiger partial charge in [0.2, 0.25) is 0 Å². The first-order valence-corrected chi connectivity index (χ1v) is 7.24. The van der Waals surface area contributed by atoms with Crippen molar-refractivity contribution in [1.82, 2.24) is 15.0 Å². The number of carbonyl (C=O) groups is 1. The summed E-state index contributed by atoms with van der Waals surface area (Å²) in [5, 5.41) is 14.3. The molecule has 2 N–H and O–H groups in total. The van der Waals surface area contributed by atoms with Crippen LogP contribution >= 0.6 is 11.3 Å². The minimum atomic E-state index is -1.01. The van der Waals surface area contributed by atoms with Crippen LogP contribution in [0.2, 0.25) is 0 Å². The minimum Gasteiger partial charge on any atom is -0.476 e. The van der Waals surface area contributed by atoms with E-state index in [2.05, 4.69) is 27.2 Å². The quantitative estimate of drug-likeness (QED) is 0.851. The zero-order chi connectivity index (χ0) is 14.5. The second-order valence-corrected chi connectivity index (χ2v) is 5.28. The van der Waals surface area contributed by atoms with Crippen LogP contribution in [0.3, 0.4) is 0 Å². The molecule has 1 unspecified atom stereocenters. The molecule has 0 aliphatic carbocycles. The number of carboxylic acid groups (broad SMARTS) is 1. The van der Waals surface area contributed by atoms with Crippen molar-refractivity contribution in [3.63, 3.8) is 0 Å². The molecular weight excluding hydrogens is 276 g/mol. The second-order valence-electron chi connectivity index (χ2n) is 4.39. The summed E-state index contributed by atoms with van der Waals surface area (Å²) in [5.74, 6) is -0.282. The van der Waals surface area contributed by atoms with Crippen LogP contribution in [0.1, 0.15) is 47.5 Å². The fraction of sp³-hybridized carbons (Fsp3) is 0.385. The lowest BCUT2D eigenvalue weighted by atomic mass is 10.2. The van der Waals surface area contributed by atoms with Gasteiger partial charge in [-0.1, -0.05) is 13.3 Å². The number of nitrogens with one attached hydrogen (secondary N) is 1. The van der Waals surface area contributed by atoms with E-state index in [0.29, 0.717) is 0 Å². The van der Waals surface area contributed by atoms with Crippen LogP contribution in [0.15, 0.2) is 17.8 Å². The Morgan fingerprint density at radius 3 is 2.95 bits per heavy atom. The van der Waals surface area contributed by atoms with Crippen LogP contribution in [-0.4, -0.2) is 26.0 Å². The Labute approximate surface area is 120 Å². The SMILES string of the molecule is CCCc1cc(NC(C)c2nc(C(=O)O)cs2)ncn1. The molecule has 0 spiro atoms. The number of aromatic carboxylic acids is 1. The van der Waals surface area contributed by atoms with Crippen molar-refractivity contribution < 1.29 is 9.90 Å². The van der Waals surface area contributed by atoms with Gasteiger partial charge in [-0.3, -0.25) is 0 Å². The average molecular weight is 292 g/mol. The molecule has 106 valence electrons. The summed E-state index contributed by atoms with van der Waals surface area (Å²) in [5.41, 5.74) is 1.07. The topological polar surface area (TPSA) is 88.0 Å². The zero-order valence-electron chi connectivity index (χ0n) is 11.3. The molecule has 2 heterocycles. The summed E-state index contributed by atoms with van der Waals surface area (Å²) in [7, 11) is 0. The van der Waals surface area contributed by atoms with Crippen molar-refractivity contribution >= 4 is 23.1 Å². The Kier molecular flexibility index (Phi) is 4.62. The van der Waals surface area contributed by atoms with Crippen molar-refractivity contribution in [2.75, 3.05) is 5.32 Å². The van der Waals surface area contributed by atoms with Crippen molar-refractivity contribution in [2.45, 2.75) is 32.7 Å². The largest absolute Gasteiger partial charge is 0.476 e. The summed E-state index contributed by atoms with van der Waals surface area (Å²) in [6.07, 6.45) is 3.47. The highest BCUT2D eigenvalue weighted by Crippen LogP contribution is 2.21. The molecule has 6 nitrogen and oxygen atoms in total. The van der Waals surface area contributed by atoms with E-state index in [1.807, 2.05) is 13.0 Å². The Hall–Kier alpha value is -2.02. The number of aryl methyl sites for hydroxylation is 1. The molecule has 0 fully saturated rings. The van der Waals surface area contributed by atoms with Gasteiger partial charge in [-0.2, -0.15) is 0 Å². The number of hydrogen-bond acceptors (Lipinski definition) is 6. The molecule has 0 aliphatic heterocycles. The zero-order valence-corrected chi connectivity index (χ0v) is 12.1. The lowest BCUT2D eigenvalue weighted by Gasteiger charge is -2.12. The summed E-state index contributed by atoms with van der Waals surface area (Å²) in [6.45, 7) is 4.02. The smallest absolute Gasteiger partial charge is 0.355 e.